The van der Waals surface area contributed by atoms with E-state index in [0.29, 0.717) is 0 Å². The first-order valence-electron chi connectivity index (χ1n) is 8.40. The van der Waals surface area contributed by atoms with Crippen LogP contribution in [0.3, 0.4) is 0 Å². The van der Waals surface area contributed by atoms with Gasteiger partial charge in [-0.25, -0.2) is 9.87 Å². The Balaban J connectivity index is 0.00000126. The first kappa shape index (κ1) is 20.2. The molecule has 0 atom stereocenters. The van der Waals surface area contributed by atoms with Crippen LogP contribution in [-0.2, 0) is 11.9 Å². The van der Waals surface area contributed by atoms with Crippen molar-refractivity contribution in [3.05, 3.63) is 57.8 Å². The molecule has 0 aliphatic rings. The summed E-state index contributed by atoms with van der Waals surface area (Å²) < 4.78 is 20.7. The lowest BCUT2D eigenvalue weighted by atomic mass is 10.1. The zero-order valence-electron chi connectivity index (χ0n) is 15.8. The van der Waals surface area contributed by atoms with E-state index in [0.717, 1.165) is 5.56 Å². The fourth-order valence-electron chi connectivity index (χ4n) is 2.58. The fourth-order valence-corrected chi connectivity index (χ4v) is 2.58. The minimum Gasteiger partial charge on any atom is -0.463 e. The van der Waals surface area contributed by atoms with E-state index in [1.165, 1.54) is 43.2 Å². The molecule has 0 aliphatic heterocycles. The minimum absolute atomic E-state index is 0.0314. The van der Waals surface area contributed by atoms with Crippen molar-refractivity contribution < 1.29 is 18.4 Å². The van der Waals surface area contributed by atoms with E-state index >= 15 is 0 Å². The number of carbonyl (C=O) groups excluding carboxylic acids is 1. The van der Waals surface area contributed by atoms with Gasteiger partial charge in [-0.05, 0) is 30.7 Å². The number of hydrogen-bond acceptors (Lipinski definition) is 5. The zero-order chi connectivity index (χ0) is 20.1. The molecule has 1 aromatic carbocycles. The number of aromatic nitrogens is 1. The smallest absolute Gasteiger partial charge is 0.282 e. The van der Waals surface area contributed by atoms with Gasteiger partial charge in [0, 0.05) is 7.05 Å². The molecule has 7 nitrogen and oxygen atoms in total. The largest absolute Gasteiger partial charge is 0.463 e. The lowest BCUT2D eigenvalue weighted by Gasteiger charge is -2.16. The molecule has 2 heterocycles. The summed E-state index contributed by atoms with van der Waals surface area (Å²) in [7, 11) is 2.76. The van der Waals surface area contributed by atoms with Crippen molar-refractivity contribution in [2.24, 2.45) is 7.05 Å². The van der Waals surface area contributed by atoms with Crippen LogP contribution in [0, 0.1) is 12.7 Å². The highest BCUT2D eigenvalue weighted by atomic mass is 19.1. The zero-order valence-corrected chi connectivity index (χ0v) is 15.8. The van der Waals surface area contributed by atoms with Gasteiger partial charge in [0.05, 0.1) is 24.4 Å². The second-order valence-electron chi connectivity index (χ2n) is 5.49. The monoisotopic (exact) mass is 375 g/mol. The second kappa shape index (κ2) is 8.50. The summed E-state index contributed by atoms with van der Waals surface area (Å²) in [4.78, 5) is 29.6. The number of halogens is 1. The topological polar surface area (TPSA) is 85.5 Å². The van der Waals surface area contributed by atoms with Crippen LogP contribution in [-0.4, -0.2) is 17.6 Å². The van der Waals surface area contributed by atoms with Crippen molar-refractivity contribution in [3.63, 3.8) is 0 Å². The molecule has 0 bridgehead atoms. The van der Waals surface area contributed by atoms with E-state index in [1.54, 1.807) is 13.0 Å². The lowest BCUT2D eigenvalue weighted by molar-refractivity contribution is 0.0538. The van der Waals surface area contributed by atoms with Gasteiger partial charge in [0.15, 0.2) is 5.58 Å². The first-order chi connectivity index (χ1) is 12.9. The number of benzene rings is 1. The average molecular weight is 375 g/mol. The van der Waals surface area contributed by atoms with Gasteiger partial charge in [0.1, 0.15) is 17.2 Å². The predicted octanol–water partition coefficient (Wildman–Crippen LogP) is 3.64. The van der Waals surface area contributed by atoms with Crippen LogP contribution in [0.2, 0.25) is 0 Å². The maximum Gasteiger partial charge on any atom is 0.282 e. The third kappa shape index (κ3) is 3.85. The molecule has 0 spiro atoms. The highest BCUT2D eigenvalue weighted by Crippen LogP contribution is 2.28. The molecule has 3 aromatic rings. The summed E-state index contributed by atoms with van der Waals surface area (Å²) in [6.45, 7) is 5.76. The maximum absolute atomic E-state index is 14.2. The summed E-state index contributed by atoms with van der Waals surface area (Å²) in [6, 6.07) is 6.06. The van der Waals surface area contributed by atoms with Crippen LogP contribution in [0.4, 0.5) is 15.9 Å². The van der Waals surface area contributed by atoms with E-state index in [1.807, 2.05) is 13.8 Å². The molecule has 1 amide bonds. The predicted molar refractivity (Wildman–Crippen MR) is 102 cm³/mol. The molecule has 2 N–H and O–H groups in total. The number of hydrogen-bond donors (Lipinski definition) is 2. The Kier molecular flexibility index (Phi) is 6.36. The average Bonchev–Trinajstić information content (AvgIpc) is 3.13. The summed E-state index contributed by atoms with van der Waals surface area (Å²) in [5, 5.41) is 3.04. The molecule has 0 saturated heterocycles. The highest BCUT2D eigenvalue weighted by molar-refractivity contribution is 6.09. The third-order valence-corrected chi connectivity index (χ3v) is 3.80. The Morgan fingerprint density at radius 3 is 2.59 bits per heavy atom. The van der Waals surface area contributed by atoms with Gasteiger partial charge >= 0.3 is 0 Å². The molecule has 27 heavy (non-hydrogen) atoms. The number of furan rings is 1. The molecule has 2 aromatic heterocycles. The minimum atomic E-state index is -0.631. The number of nitrogens with one attached hydrogen (secondary N) is 2. The number of pyridine rings is 1. The number of aryl methyl sites for hydroxylation is 1. The summed E-state index contributed by atoms with van der Waals surface area (Å²) in [6.07, 6.45) is 1.31. The van der Waals surface area contributed by atoms with Crippen molar-refractivity contribution in [2.45, 2.75) is 20.8 Å². The van der Waals surface area contributed by atoms with Gasteiger partial charge in [-0.15, -0.1) is 0 Å². The number of carbonyl (C=O) groups is 1. The van der Waals surface area contributed by atoms with Crippen LogP contribution in [0.25, 0.3) is 11.0 Å². The maximum atomic E-state index is 14.2. The Morgan fingerprint density at radius 2 is 1.96 bits per heavy atom. The van der Waals surface area contributed by atoms with E-state index in [-0.39, 0.29) is 33.6 Å². The number of fused-ring (bicyclic) bond motifs is 1. The SMILES string of the molecule is CC.CONC(=O)c1c(Nc2ccc(C)cc2F)n(C)c(=O)c2ccoc12. The van der Waals surface area contributed by atoms with E-state index in [4.69, 9.17) is 4.42 Å². The van der Waals surface area contributed by atoms with Gasteiger partial charge in [-0.3, -0.25) is 19.0 Å². The number of hydroxylamine groups is 1. The van der Waals surface area contributed by atoms with Crippen LogP contribution in [0.15, 0.2) is 39.7 Å². The molecular weight excluding hydrogens is 353 g/mol. The molecule has 0 aliphatic carbocycles. The highest BCUT2D eigenvalue weighted by Gasteiger charge is 2.24. The first-order valence-corrected chi connectivity index (χ1v) is 8.40. The Hall–Kier alpha value is -3.13. The van der Waals surface area contributed by atoms with Gasteiger partial charge in [0.25, 0.3) is 11.5 Å². The van der Waals surface area contributed by atoms with Gasteiger partial charge in [-0.2, -0.15) is 0 Å². The Morgan fingerprint density at radius 1 is 1.26 bits per heavy atom. The Bertz CT molecular complexity index is 1020. The number of amides is 1. The number of rotatable bonds is 4. The molecule has 8 heteroatoms. The summed E-state index contributed by atoms with van der Waals surface area (Å²) in [5.41, 5.74) is 2.80. The fraction of sp³-hybridized carbons (Fsp3) is 0.263. The Labute approximate surface area is 155 Å². The molecule has 0 fully saturated rings. The van der Waals surface area contributed by atoms with Gasteiger partial charge < -0.3 is 9.73 Å². The molecule has 0 saturated carbocycles. The molecular formula is C19H22FN3O4. The normalized spacial score (nSPS) is 10.3. The van der Waals surface area contributed by atoms with Crippen molar-refractivity contribution in [1.29, 1.82) is 0 Å². The van der Waals surface area contributed by atoms with Crippen molar-refractivity contribution in [2.75, 3.05) is 12.4 Å². The molecule has 3 rings (SSSR count). The quantitative estimate of drug-likeness (QED) is 0.680. The van der Waals surface area contributed by atoms with E-state index in [9.17, 15) is 14.0 Å². The van der Waals surface area contributed by atoms with Crippen LogP contribution < -0.4 is 16.4 Å². The van der Waals surface area contributed by atoms with Crippen LogP contribution in [0.5, 0.6) is 0 Å². The third-order valence-electron chi connectivity index (χ3n) is 3.80. The molecule has 0 unspecified atom stereocenters. The van der Waals surface area contributed by atoms with Gasteiger partial charge in [-0.1, -0.05) is 19.9 Å². The standard InChI is InChI=1S/C17H16FN3O4.C2H6/c1-9-4-5-12(11(18)8-9)19-15-13(16(22)20-24-3)14-10(6-7-25-14)17(23)21(15)2;1-2/h4-8,19H,1-3H3,(H,20,22);1-2H3. The van der Waals surface area contributed by atoms with E-state index in [2.05, 4.69) is 15.6 Å². The van der Waals surface area contributed by atoms with Crippen LogP contribution >= 0.6 is 0 Å². The van der Waals surface area contributed by atoms with Crippen molar-refractivity contribution in [3.8, 4) is 0 Å². The molecule has 144 valence electrons. The second-order valence-corrected chi connectivity index (χ2v) is 5.49. The number of nitrogens with zero attached hydrogens (tertiary/aromatic N) is 1. The molecule has 0 radical (unpaired) electrons. The number of anilines is 2. The lowest BCUT2D eigenvalue weighted by Crippen LogP contribution is -2.28. The van der Waals surface area contributed by atoms with Crippen molar-refractivity contribution >= 4 is 28.4 Å². The summed E-state index contributed by atoms with van der Waals surface area (Å²) >= 11 is 0. The van der Waals surface area contributed by atoms with Crippen molar-refractivity contribution in [1.82, 2.24) is 10.0 Å². The van der Waals surface area contributed by atoms with Gasteiger partial charge in [0.2, 0.25) is 0 Å². The summed E-state index contributed by atoms with van der Waals surface area (Å²) in [5.74, 6) is -1.05. The van der Waals surface area contributed by atoms with E-state index < -0.39 is 11.7 Å². The van der Waals surface area contributed by atoms with Crippen LogP contribution in [0.1, 0.15) is 29.8 Å².